The summed E-state index contributed by atoms with van der Waals surface area (Å²) < 4.78 is 0. The van der Waals surface area contributed by atoms with E-state index in [4.69, 9.17) is 22.3 Å². The van der Waals surface area contributed by atoms with E-state index >= 15 is 0 Å². The van der Waals surface area contributed by atoms with Crippen molar-refractivity contribution >= 4 is 47.3 Å². The summed E-state index contributed by atoms with van der Waals surface area (Å²) in [6.07, 6.45) is 2.46. The summed E-state index contributed by atoms with van der Waals surface area (Å²) in [6, 6.07) is 1.86. The maximum atomic E-state index is 13.8. The molecule has 18 heteroatoms. The first-order valence-corrected chi connectivity index (χ1v) is 19.2. The predicted octanol–water partition coefficient (Wildman–Crippen LogP) is -0.922. The molecule has 1 aromatic rings. The minimum absolute atomic E-state index is 0.00358. The highest BCUT2D eigenvalue weighted by molar-refractivity contribution is 5.96. The second kappa shape index (κ2) is 25.9. The van der Waals surface area contributed by atoms with Gasteiger partial charge in [0, 0.05) is 6.42 Å². The summed E-state index contributed by atoms with van der Waals surface area (Å²) in [4.78, 5) is 103. The lowest BCUT2D eigenvalue weighted by Gasteiger charge is -2.27. The van der Waals surface area contributed by atoms with Gasteiger partial charge in [0.2, 0.25) is 41.4 Å². The van der Waals surface area contributed by atoms with Gasteiger partial charge in [-0.2, -0.15) is 0 Å². The molecule has 0 saturated carbocycles. The van der Waals surface area contributed by atoms with Crippen molar-refractivity contribution in [3.05, 3.63) is 35.9 Å². The first kappa shape index (κ1) is 48.9. The van der Waals surface area contributed by atoms with E-state index in [2.05, 4.69) is 31.9 Å². The SMILES string of the molecule is CCCC[C@H](NC(=O)[C@H](CC(C)C)NC(=O)CNC(=O)[C@@H](NC(=O)[C@H](Cc1ccccc1)NC(=O)[C@H](CCCCN)NC(=O)[C@@H](N)CC(=O)O)C(C)C)C(N)=O. The van der Waals surface area contributed by atoms with E-state index in [-0.39, 0.29) is 25.2 Å². The maximum Gasteiger partial charge on any atom is 0.305 e. The number of aliphatic carboxylic acids is 1. The number of benzene rings is 1. The van der Waals surface area contributed by atoms with Gasteiger partial charge in [0.1, 0.15) is 30.2 Å². The van der Waals surface area contributed by atoms with E-state index < -0.39 is 102 Å². The minimum Gasteiger partial charge on any atom is -0.481 e. The first-order valence-electron chi connectivity index (χ1n) is 19.2. The van der Waals surface area contributed by atoms with Crippen LogP contribution < -0.4 is 49.1 Å². The third kappa shape index (κ3) is 19.0. The van der Waals surface area contributed by atoms with Crippen LogP contribution in [0.3, 0.4) is 0 Å². The van der Waals surface area contributed by atoms with E-state index in [0.717, 1.165) is 6.42 Å². The molecule has 0 bridgehead atoms. The third-order valence-corrected chi connectivity index (χ3v) is 8.76. The van der Waals surface area contributed by atoms with Crippen molar-refractivity contribution in [1.29, 1.82) is 0 Å². The molecule has 0 saturated heterocycles. The Balaban J connectivity index is 3.16. The Kier molecular flexibility index (Phi) is 22.6. The van der Waals surface area contributed by atoms with E-state index in [9.17, 15) is 38.4 Å². The molecule has 0 fully saturated rings. The number of carboxylic acid groups (broad SMARTS) is 1. The molecule has 314 valence electrons. The number of carboxylic acids is 1. The number of primary amides is 1. The van der Waals surface area contributed by atoms with Crippen LogP contribution in [0.25, 0.3) is 0 Å². The Hall–Kier alpha value is -5.10. The smallest absolute Gasteiger partial charge is 0.305 e. The van der Waals surface area contributed by atoms with Crippen molar-refractivity contribution in [2.45, 2.75) is 129 Å². The number of rotatable bonds is 27. The number of carbonyl (C=O) groups excluding carboxylic acids is 7. The number of carbonyl (C=O) groups is 8. The molecule has 1 rings (SSSR count). The minimum atomic E-state index is -1.42. The number of unbranched alkanes of at least 4 members (excludes halogenated alkanes) is 2. The van der Waals surface area contributed by atoms with Gasteiger partial charge >= 0.3 is 5.97 Å². The van der Waals surface area contributed by atoms with E-state index in [1.54, 1.807) is 44.2 Å². The molecule has 0 aliphatic heterocycles. The Labute approximate surface area is 329 Å². The van der Waals surface area contributed by atoms with Gasteiger partial charge in [0.05, 0.1) is 19.0 Å². The van der Waals surface area contributed by atoms with Crippen molar-refractivity contribution in [1.82, 2.24) is 31.9 Å². The van der Waals surface area contributed by atoms with E-state index in [0.29, 0.717) is 37.8 Å². The van der Waals surface area contributed by atoms with Crippen LogP contribution in [-0.4, -0.2) is 102 Å². The van der Waals surface area contributed by atoms with Crippen molar-refractivity contribution in [3.63, 3.8) is 0 Å². The lowest BCUT2D eigenvalue weighted by atomic mass is 10.00. The van der Waals surface area contributed by atoms with Crippen LogP contribution >= 0.6 is 0 Å². The molecule has 18 nitrogen and oxygen atoms in total. The van der Waals surface area contributed by atoms with Crippen LogP contribution in [0.1, 0.15) is 91.5 Å². The molecule has 56 heavy (non-hydrogen) atoms. The van der Waals surface area contributed by atoms with Crippen molar-refractivity contribution in [3.8, 4) is 0 Å². The Morgan fingerprint density at radius 1 is 0.696 bits per heavy atom. The fraction of sp³-hybridized carbons (Fsp3) is 0.632. The van der Waals surface area contributed by atoms with Gasteiger partial charge in [-0.25, -0.2) is 0 Å². The highest BCUT2D eigenvalue weighted by atomic mass is 16.4. The zero-order valence-electron chi connectivity index (χ0n) is 33.2. The lowest BCUT2D eigenvalue weighted by molar-refractivity contribution is -0.140. The van der Waals surface area contributed by atoms with E-state index in [1.165, 1.54) is 0 Å². The number of hydrogen-bond donors (Lipinski definition) is 10. The summed E-state index contributed by atoms with van der Waals surface area (Å²) >= 11 is 0. The molecule has 0 aliphatic rings. The average molecular weight is 790 g/mol. The molecule has 0 aromatic heterocycles. The molecule has 0 radical (unpaired) electrons. The van der Waals surface area contributed by atoms with Crippen LogP contribution in [0.15, 0.2) is 30.3 Å². The van der Waals surface area contributed by atoms with Gasteiger partial charge in [-0.1, -0.05) is 77.8 Å². The predicted molar refractivity (Wildman–Crippen MR) is 209 cm³/mol. The van der Waals surface area contributed by atoms with Gasteiger partial charge in [-0.3, -0.25) is 38.4 Å². The quantitative estimate of drug-likeness (QED) is 0.0486. The van der Waals surface area contributed by atoms with Crippen LogP contribution in [0.5, 0.6) is 0 Å². The summed E-state index contributed by atoms with van der Waals surface area (Å²) in [5.41, 5.74) is 17.5. The van der Waals surface area contributed by atoms with Crippen molar-refractivity contribution in [2.24, 2.45) is 29.0 Å². The normalized spacial score (nSPS) is 14.3. The first-order chi connectivity index (χ1) is 26.4. The topological polar surface area (TPSA) is 307 Å². The molecule has 0 heterocycles. The highest BCUT2D eigenvalue weighted by Gasteiger charge is 2.33. The Morgan fingerprint density at radius 3 is 1.82 bits per heavy atom. The summed E-state index contributed by atoms with van der Waals surface area (Å²) in [6.45, 7) is 8.79. The molecule has 1 aromatic carbocycles. The largest absolute Gasteiger partial charge is 0.481 e. The van der Waals surface area contributed by atoms with Gasteiger partial charge in [-0.15, -0.1) is 0 Å². The monoisotopic (exact) mass is 789 g/mol. The van der Waals surface area contributed by atoms with Gasteiger partial charge in [-0.05, 0) is 56.0 Å². The number of amides is 7. The molecule has 7 amide bonds. The number of nitrogens with two attached hydrogens (primary N) is 3. The zero-order chi connectivity index (χ0) is 42.4. The summed E-state index contributed by atoms with van der Waals surface area (Å²) in [5.74, 6) is -6.77. The lowest BCUT2D eigenvalue weighted by Crippen LogP contribution is -2.59. The third-order valence-electron chi connectivity index (χ3n) is 8.76. The van der Waals surface area contributed by atoms with Crippen molar-refractivity contribution in [2.75, 3.05) is 13.1 Å². The molecule has 6 atom stereocenters. The number of nitrogens with one attached hydrogen (secondary N) is 6. The summed E-state index contributed by atoms with van der Waals surface area (Å²) in [7, 11) is 0. The van der Waals surface area contributed by atoms with Crippen LogP contribution in [-0.2, 0) is 44.8 Å². The highest BCUT2D eigenvalue weighted by Crippen LogP contribution is 2.10. The second-order valence-corrected chi connectivity index (χ2v) is 14.6. The molecule has 13 N–H and O–H groups in total. The molecular weight excluding hydrogens is 726 g/mol. The Morgan fingerprint density at radius 2 is 1.27 bits per heavy atom. The average Bonchev–Trinajstić information content (AvgIpc) is 3.12. The van der Waals surface area contributed by atoms with Crippen LogP contribution in [0, 0.1) is 11.8 Å². The fourth-order valence-corrected chi connectivity index (χ4v) is 5.63. The molecule has 0 unspecified atom stereocenters. The van der Waals surface area contributed by atoms with Crippen molar-refractivity contribution < 1.29 is 43.5 Å². The zero-order valence-corrected chi connectivity index (χ0v) is 33.2. The Bertz CT molecular complexity index is 1460. The number of hydrogen-bond acceptors (Lipinski definition) is 10. The fourth-order valence-electron chi connectivity index (χ4n) is 5.63. The van der Waals surface area contributed by atoms with Gasteiger partial charge in [0.25, 0.3) is 0 Å². The standard InChI is InChI=1S/C38H63N9O9/c1-6-7-15-26(33(41)51)44-36(54)28(18-22(2)3)43-30(48)21-42-38(56)32(23(4)5)47-37(55)29(19-24-13-9-8-10-14-24)46-35(53)27(16-11-12-17-39)45-34(52)25(40)20-31(49)50/h8-10,13-14,22-23,25-29,32H,6-7,11-12,15-21,39-40H2,1-5H3,(H2,41,51)(H,42,56)(H,43,48)(H,44,54)(H,45,52)(H,46,53)(H,47,55)(H,49,50)/t25-,26-,27-,28-,29-,32-/m0/s1. The van der Waals surface area contributed by atoms with Gasteiger partial charge in [0.15, 0.2) is 0 Å². The van der Waals surface area contributed by atoms with Crippen LogP contribution in [0.2, 0.25) is 0 Å². The second-order valence-electron chi connectivity index (χ2n) is 14.6. The van der Waals surface area contributed by atoms with Gasteiger partial charge < -0.3 is 54.2 Å². The maximum absolute atomic E-state index is 13.8. The summed E-state index contributed by atoms with van der Waals surface area (Å²) in [5, 5.41) is 24.6. The van der Waals surface area contributed by atoms with Crippen LogP contribution in [0.4, 0.5) is 0 Å². The molecule has 0 spiro atoms. The molecule has 0 aliphatic carbocycles. The van der Waals surface area contributed by atoms with E-state index in [1.807, 2.05) is 20.8 Å². The molecular formula is C38H63N9O9.